The molecule has 2 rings (SSSR count). The Morgan fingerprint density at radius 3 is 2.86 bits per heavy atom. The van der Waals surface area contributed by atoms with Crippen molar-refractivity contribution in [2.45, 2.75) is 31.8 Å². The first-order valence-electron chi connectivity index (χ1n) is 4.70. The Hall–Kier alpha value is -1.39. The molecular formula is C9H12FN3O. The zero-order valence-electron chi connectivity index (χ0n) is 7.74. The molecule has 76 valence electrons. The number of nitrogens with two attached hydrogens (primary N) is 1. The molecule has 0 unspecified atom stereocenters. The van der Waals surface area contributed by atoms with Crippen molar-refractivity contribution < 1.29 is 9.13 Å². The number of hydrogen-bond donors (Lipinski definition) is 1. The summed E-state index contributed by atoms with van der Waals surface area (Å²) in [7, 11) is 0. The predicted octanol–water partition coefficient (Wildman–Crippen LogP) is 1.52. The second-order valence-corrected chi connectivity index (χ2v) is 3.41. The van der Waals surface area contributed by atoms with Gasteiger partial charge in [0.15, 0.2) is 0 Å². The molecule has 1 aromatic rings. The lowest BCUT2D eigenvalue weighted by Gasteiger charge is -2.12. The highest BCUT2D eigenvalue weighted by Crippen LogP contribution is 2.24. The van der Waals surface area contributed by atoms with E-state index in [-0.39, 0.29) is 17.9 Å². The minimum absolute atomic E-state index is 0.0237. The van der Waals surface area contributed by atoms with Gasteiger partial charge in [0.1, 0.15) is 6.10 Å². The van der Waals surface area contributed by atoms with Crippen molar-refractivity contribution >= 4 is 5.95 Å². The summed E-state index contributed by atoms with van der Waals surface area (Å²) in [5.74, 6) is -0.533. The number of ether oxygens (including phenoxy) is 1. The standard InChI is InChI=1S/C9H12FN3O/c10-7-5-12-9(11)13-8(7)14-6-3-1-2-4-6/h5-6H,1-4H2,(H2,11,12,13). The second-order valence-electron chi connectivity index (χ2n) is 3.41. The largest absolute Gasteiger partial charge is 0.472 e. The van der Waals surface area contributed by atoms with Crippen molar-refractivity contribution in [3.8, 4) is 5.88 Å². The van der Waals surface area contributed by atoms with Gasteiger partial charge in [-0.25, -0.2) is 4.98 Å². The van der Waals surface area contributed by atoms with E-state index < -0.39 is 5.82 Å². The lowest BCUT2D eigenvalue weighted by Crippen LogP contribution is -2.13. The average Bonchev–Trinajstić information content (AvgIpc) is 2.64. The Labute approximate surface area is 81.3 Å². The van der Waals surface area contributed by atoms with E-state index in [0.717, 1.165) is 31.9 Å². The van der Waals surface area contributed by atoms with Gasteiger partial charge in [0.25, 0.3) is 5.88 Å². The van der Waals surface area contributed by atoms with Crippen molar-refractivity contribution in [1.29, 1.82) is 0 Å². The fourth-order valence-corrected chi connectivity index (χ4v) is 1.61. The quantitative estimate of drug-likeness (QED) is 0.780. The fourth-order valence-electron chi connectivity index (χ4n) is 1.61. The van der Waals surface area contributed by atoms with Crippen LogP contribution in [-0.4, -0.2) is 16.1 Å². The van der Waals surface area contributed by atoms with Gasteiger partial charge >= 0.3 is 0 Å². The minimum atomic E-state index is -0.550. The number of nitrogens with zero attached hydrogens (tertiary/aromatic N) is 2. The lowest BCUT2D eigenvalue weighted by atomic mass is 10.3. The van der Waals surface area contributed by atoms with Crippen LogP contribution in [0.5, 0.6) is 5.88 Å². The molecule has 14 heavy (non-hydrogen) atoms. The third kappa shape index (κ3) is 1.92. The normalized spacial score (nSPS) is 17.2. The van der Waals surface area contributed by atoms with Gasteiger partial charge in [-0.1, -0.05) is 0 Å². The molecule has 0 saturated heterocycles. The van der Waals surface area contributed by atoms with E-state index in [1.54, 1.807) is 0 Å². The molecule has 0 aliphatic heterocycles. The molecule has 4 nitrogen and oxygen atoms in total. The van der Waals surface area contributed by atoms with E-state index in [0.29, 0.717) is 0 Å². The molecule has 0 amide bonds. The van der Waals surface area contributed by atoms with Crippen LogP contribution in [0.15, 0.2) is 6.20 Å². The van der Waals surface area contributed by atoms with E-state index in [9.17, 15) is 4.39 Å². The summed E-state index contributed by atoms with van der Waals surface area (Å²) in [4.78, 5) is 7.23. The van der Waals surface area contributed by atoms with Crippen LogP contribution in [0.25, 0.3) is 0 Å². The zero-order chi connectivity index (χ0) is 9.97. The maximum atomic E-state index is 13.1. The van der Waals surface area contributed by atoms with Crippen LogP contribution >= 0.6 is 0 Å². The first-order chi connectivity index (χ1) is 6.75. The van der Waals surface area contributed by atoms with Crippen molar-refractivity contribution in [1.82, 2.24) is 9.97 Å². The van der Waals surface area contributed by atoms with Gasteiger partial charge in [0, 0.05) is 0 Å². The number of anilines is 1. The van der Waals surface area contributed by atoms with E-state index in [2.05, 4.69) is 9.97 Å². The van der Waals surface area contributed by atoms with Crippen molar-refractivity contribution in [3.05, 3.63) is 12.0 Å². The Morgan fingerprint density at radius 1 is 1.43 bits per heavy atom. The maximum absolute atomic E-state index is 13.1. The highest BCUT2D eigenvalue weighted by molar-refractivity contribution is 5.22. The van der Waals surface area contributed by atoms with Gasteiger partial charge in [-0.2, -0.15) is 9.37 Å². The summed E-state index contributed by atoms with van der Waals surface area (Å²) in [6.07, 6.45) is 5.30. The van der Waals surface area contributed by atoms with Crippen LogP contribution in [0.3, 0.4) is 0 Å². The molecule has 0 aromatic carbocycles. The third-order valence-corrected chi connectivity index (χ3v) is 2.31. The molecule has 1 fully saturated rings. The number of hydrogen-bond acceptors (Lipinski definition) is 4. The topological polar surface area (TPSA) is 61.0 Å². The van der Waals surface area contributed by atoms with Gasteiger partial charge in [-0.15, -0.1) is 0 Å². The number of halogens is 1. The van der Waals surface area contributed by atoms with Crippen LogP contribution in [-0.2, 0) is 0 Å². The summed E-state index contributed by atoms with van der Waals surface area (Å²) in [5, 5.41) is 0. The number of aromatic nitrogens is 2. The highest BCUT2D eigenvalue weighted by atomic mass is 19.1. The maximum Gasteiger partial charge on any atom is 0.255 e. The molecule has 0 radical (unpaired) electrons. The molecular weight excluding hydrogens is 185 g/mol. The summed E-state index contributed by atoms with van der Waals surface area (Å²) in [5.41, 5.74) is 5.33. The average molecular weight is 197 g/mol. The molecule has 1 aliphatic carbocycles. The Morgan fingerprint density at radius 2 is 2.14 bits per heavy atom. The van der Waals surface area contributed by atoms with E-state index >= 15 is 0 Å². The molecule has 1 aliphatic rings. The SMILES string of the molecule is Nc1ncc(F)c(OC2CCCC2)n1. The van der Waals surface area contributed by atoms with Crippen LogP contribution in [0, 0.1) is 5.82 Å². The first-order valence-corrected chi connectivity index (χ1v) is 4.70. The molecule has 0 spiro atoms. The number of nitrogen functional groups attached to an aromatic ring is 1. The minimum Gasteiger partial charge on any atom is -0.472 e. The molecule has 1 saturated carbocycles. The Balaban J connectivity index is 2.10. The molecule has 0 atom stereocenters. The molecule has 0 bridgehead atoms. The van der Waals surface area contributed by atoms with Gasteiger partial charge in [0.2, 0.25) is 11.8 Å². The molecule has 5 heteroatoms. The predicted molar refractivity (Wildman–Crippen MR) is 49.3 cm³/mol. The van der Waals surface area contributed by atoms with Crippen LogP contribution in [0.1, 0.15) is 25.7 Å². The second kappa shape index (κ2) is 3.77. The van der Waals surface area contributed by atoms with Crippen LogP contribution in [0.2, 0.25) is 0 Å². The molecule has 1 heterocycles. The summed E-state index contributed by atoms with van der Waals surface area (Å²) in [6, 6.07) is 0. The zero-order valence-corrected chi connectivity index (χ0v) is 7.74. The lowest BCUT2D eigenvalue weighted by molar-refractivity contribution is 0.191. The van der Waals surface area contributed by atoms with Gasteiger partial charge < -0.3 is 10.5 Å². The highest BCUT2D eigenvalue weighted by Gasteiger charge is 2.19. The summed E-state index contributed by atoms with van der Waals surface area (Å²) in [6.45, 7) is 0. The molecule has 2 N–H and O–H groups in total. The first kappa shape index (κ1) is 9.18. The molecule has 1 aromatic heterocycles. The fraction of sp³-hybridized carbons (Fsp3) is 0.556. The van der Waals surface area contributed by atoms with Gasteiger partial charge in [0.05, 0.1) is 6.20 Å². The third-order valence-electron chi connectivity index (χ3n) is 2.31. The van der Waals surface area contributed by atoms with Crippen molar-refractivity contribution in [2.24, 2.45) is 0 Å². The summed E-state index contributed by atoms with van der Waals surface area (Å²) >= 11 is 0. The van der Waals surface area contributed by atoms with Crippen molar-refractivity contribution in [3.63, 3.8) is 0 Å². The van der Waals surface area contributed by atoms with E-state index in [4.69, 9.17) is 10.5 Å². The van der Waals surface area contributed by atoms with Gasteiger partial charge in [-0.05, 0) is 25.7 Å². The van der Waals surface area contributed by atoms with E-state index in [1.165, 1.54) is 0 Å². The van der Waals surface area contributed by atoms with Crippen LogP contribution < -0.4 is 10.5 Å². The van der Waals surface area contributed by atoms with Crippen LogP contribution in [0.4, 0.5) is 10.3 Å². The van der Waals surface area contributed by atoms with Gasteiger partial charge in [-0.3, -0.25) is 0 Å². The van der Waals surface area contributed by atoms with Crippen molar-refractivity contribution in [2.75, 3.05) is 5.73 Å². The monoisotopic (exact) mass is 197 g/mol. The summed E-state index contributed by atoms with van der Waals surface area (Å²) < 4.78 is 18.5. The Kier molecular flexibility index (Phi) is 2.47. The Bertz CT molecular complexity index is 326. The van der Waals surface area contributed by atoms with E-state index in [1.807, 2.05) is 0 Å². The number of rotatable bonds is 2. The smallest absolute Gasteiger partial charge is 0.255 e.